The summed E-state index contributed by atoms with van der Waals surface area (Å²) in [5, 5.41) is -4.75. The van der Waals surface area contributed by atoms with Gasteiger partial charge in [0.25, 0.3) is 0 Å². The van der Waals surface area contributed by atoms with E-state index < -0.39 is 34.4 Å². The largest absolute Gasteiger partial charge is 0.389 e. The minimum absolute atomic E-state index is 1.97. The van der Waals surface area contributed by atoms with Crippen LogP contribution in [0, 0.1) is 0 Å². The molecule has 0 aliphatic carbocycles. The molecule has 0 atom stereocenters. The summed E-state index contributed by atoms with van der Waals surface area (Å²) in [5.74, 6) is 0. The molecular formula is C4H5F5O3S. The summed E-state index contributed by atoms with van der Waals surface area (Å²) in [4.78, 5) is 0. The summed E-state index contributed by atoms with van der Waals surface area (Å²) in [5.41, 5.74) is 0. The van der Waals surface area contributed by atoms with Gasteiger partial charge in [-0.2, -0.15) is 30.4 Å². The zero-order valence-corrected chi connectivity index (χ0v) is 6.79. The van der Waals surface area contributed by atoms with E-state index in [0.717, 1.165) is 0 Å². The van der Waals surface area contributed by atoms with E-state index in [0.29, 0.717) is 0 Å². The molecule has 13 heavy (non-hydrogen) atoms. The molecule has 0 heterocycles. The van der Waals surface area contributed by atoms with Crippen molar-refractivity contribution in [1.29, 1.82) is 0 Å². The summed E-state index contributed by atoms with van der Waals surface area (Å²) in [6.45, 7) is 0. The average molecular weight is 228 g/mol. The summed E-state index contributed by atoms with van der Waals surface area (Å²) in [6, 6.07) is 0. The van der Waals surface area contributed by atoms with Crippen molar-refractivity contribution >= 4 is 10.1 Å². The molecule has 0 bridgehead atoms. The maximum atomic E-state index is 12.1. The minimum Gasteiger partial charge on any atom is -0.281 e. The minimum atomic E-state index is -5.76. The fraction of sp³-hybridized carbons (Fsp3) is 1.00. The van der Waals surface area contributed by atoms with Crippen LogP contribution in [0.1, 0.15) is 12.8 Å². The molecule has 0 rings (SSSR count). The number of alkyl halides is 5. The van der Waals surface area contributed by atoms with Gasteiger partial charge in [-0.25, -0.2) is 0 Å². The number of hydrogen-bond acceptors (Lipinski definition) is 2. The van der Waals surface area contributed by atoms with Crippen LogP contribution in [0.5, 0.6) is 0 Å². The van der Waals surface area contributed by atoms with Crippen LogP contribution in [0.25, 0.3) is 0 Å². The quantitative estimate of drug-likeness (QED) is 0.592. The van der Waals surface area contributed by atoms with Gasteiger partial charge in [-0.05, 0) is 0 Å². The highest BCUT2D eigenvalue weighted by Gasteiger charge is 2.46. The Kier molecular flexibility index (Phi) is 3.26. The fourth-order valence-corrected chi connectivity index (χ4v) is 0.776. The second kappa shape index (κ2) is 3.37. The Morgan fingerprint density at radius 2 is 1.38 bits per heavy atom. The van der Waals surface area contributed by atoms with Gasteiger partial charge in [-0.15, -0.1) is 0 Å². The molecule has 0 aromatic heterocycles. The summed E-state index contributed by atoms with van der Waals surface area (Å²) in [7, 11) is -5.76. The Labute approximate surface area is 70.3 Å². The van der Waals surface area contributed by atoms with E-state index in [2.05, 4.69) is 0 Å². The highest BCUT2D eigenvalue weighted by Crippen LogP contribution is 2.32. The zero-order valence-electron chi connectivity index (χ0n) is 5.98. The van der Waals surface area contributed by atoms with Crippen molar-refractivity contribution in [2.45, 2.75) is 24.3 Å². The van der Waals surface area contributed by atoms with Gasteiger partial charge in [-0.3, -0.25) is 4.55 Å². The Balaban J connectivity index is 4.38. The lowest BCUT2D eigenvalue weighted by atomic mass is 10.3. The van der Waals surface area contributed by atoms with Gasteiger partial charge >= 0.3 is 21.5 Å². The van der Waals surface area contributed by atoms with Gasteiger partial charge in [-0.1, -0.05) is 0 Å². The van der Waals surface area contributed by atoms with Crippen LogP contribution < -0.4 is 0 Å². The van der Waals surface area contributed by atoms with Crippen molar-refractivity contribution in [3.05, 3.63) is 0 Å². The standard InChI is InChI=1S/C4H5F5O3S/c5-3(6,7)1-2-4(8,9)13(10,11)12/h1-2H2,(H,10,11,12). The van der Waals surface area contributed by atoms with Crippen LogP contribution in [-0.2, 0) is 10.1 Å². The van der Waals surface area contributed by atoms with E-state index in [1.807, 2.05) is 0 Å². The van der Waals surface area contributed by atoms with Crippen molar-refractivity contribution in [2.75, 3.05) is 0 Å². The first-order valence-electron chi connectivity index (χ1n) is 2.87. The van der Waals surface area contributed by atoms with Gasteiger partial charge < -0.3 is 0 Å². The Hall–Kier alpha value is -0.440. The lowest BCUT2D eigenvalue weighted by Crippen LogP contribution is -2.29. The third-order valence-electron chi connectivity index (χ3n) is 1.08. The molecule has 0 aromatic rings. The lowest BCUT2D eigenvalue weighted by molar-refractivity contribution is -0.144. The molecule has 0 radical (unpaired) electrons. The highest BCUT2D eigenvalue weighted by atomic mass is 32.2. The van der Waals surface area contributed by atoms with E-state index in [4.69, 9.17) is 4.55 Å². The average Bonchev–Trinajstić information content (AvgIpc) is 1.79. The normalized spacial score (nSPS) is 14.6. The van der Waals surface area contributed by atoms with Gasteiger partial charge in [0, 0.05) is 6.42 Å². The summed E-state index contributed by atoms with van der Waals surface area (Å²) in [6.07, 6.45) is -8.83. The van der Waals surface area contributed by atoms with E-state index >= 15 is 0 Å². The SMILES string of the molecule is O=S(=O)(O)C(F)(F)CCC(F)(F)F. The maximum Gasteiger partial charge on any atom is 0.389 e. The Bertz CT molecular complexity index is 266. The first-order valence-corrected chi connectivity index (χ1v) is 4.31. The molecule has 80 valence electrons. The van der Waals surface area contributed by atoms with Gasteiger partial charge in [0.1, 0.15) is 0 Å². The van der Waals surface area contributed by atoms with E-state index in [1.54, 1.807) is 0 Å². The van der Waals surface area contributed by atoms with Gasteiger partial charge in [0.05, 0.1) is 6.42 Å². The van der Waals surface area contributed by atoms with Gasteiger partial charge in [0.2, 0.25) is 0 Å². The smallest absolute Gasteiger partial charge is 0.281 e. The van der Waals surface area contributed by atoms with E-state index in [9.17, 15) is 30.4 Å². The number of hydrogen-bond donors (Lipinski definition) is 1. The summed E-state index contributed by atoms with van der Waals surface area (Å²) < 4.78 is 85.8. The molecule has 3 nitrogen and oxygen atoms in total. The molecule has 0 saturated carbocycles. The predicted octanol–water partition coefficient (Wildman–Crippen LogP) is 1.81. The first kappa shape index (κ1) is 12.6. The number of rotatable bonds is 3. The molecule has 0 unspecified atom stereocenters. The van der Waals surface area contributed by atoms with Crippen LogP contribution in [0.15, 0.2) is 0 Å². The molecular weight excluding hydrogens is 223 g/mol. The molecule has 0 aromatic carbocycles. The van der Waals surface area contributed by atoms with E-state index in [1.165, 1.54) is 0 Å². The summed E-state index contributed by atoms with van der Waals surface area (Å²) >= 11 is 0. The molecule has 0 amide bonds. The lowest BCUT2D eigenvalue weighted by Gasteiger charge is -2.13. The van der Waals surface area contributed by atoms with Crippen LogP contribution in [-0.4, -0.2) is 24.4 Å². The number of halogens is 5. The van der Waals surface area contributed by atoms with Crippen LogP contribution in [0.4, 0.5) is 22.0 Å². The first-order chi connectivity index (χ1) is 5.46. The maximum absolute atomic E-state index is 12.1. The molecule has 0 fully saturated rings. The zero-order chi connectivity index (χ0) is 10.9. The van der Waals surface area contributed by atoms with Crippen molar-refractivity contribution in [2.24, 2.45) is 0 Å². The molecule has 0 aliphatic heterocycles. The Morgan fingerprint density at radius 3 is 1.62 bits per heavy atom. The molecule has 0 spiro atoms. The molecule has 0 saturated heterocycles. The monoisotopic (exact) mass is 228 g/mol. The third-order valence-corrected chi connectivity index (χ3v) is 2.04. The second-order valence-corrected chi connectivity index (χ2v) is 3.77. The fourth-order valence-electron chi connectivity index (χ4n) is 0.416. The van der Waals surface area contributed by atoms with Crippen molar-refractivity contribution in [3.63, 3.8) is 0 Å². The molecule has 1 N–H and O–H groups in total. The molecule has 0 aliphatic rings. The van der Waals surface area contributed by atoms with Crippen molar-refractivity contribution in [3.8, 4) is 0 Å². The topological polar surface area (TPSA) is 54.4 Å². The van der Waals surface area contributed by atoms with Crippen LogP contribution in [0.3, 0.4) is 0 Å². The molecule has 9 heteroatoms. The van der Waals surface area contributed by atoms with Crippen LogP contribution >= 0.6 is 0 Å². The third kappa shape index (κ3) is 4.36. The Morgan fingerprint density at radius 1 is 1.00 bits per heavy atom. The van der Waals surface area contributed by atoms with Gasteiger partial charge in [0.15, 0.2) is 0 Å². The predicted molar refractivity (Wildman–Crippen MR) is 31.8 cm³/mol. The van der Waals surface area contributed by atoms with Crippen molar-refractivity contribution < 1.29 is 34.9 Å². The van der Waals surface area contributed by atoms with Crippen LogP contribution in [0.2, 0.25) is 0 Å². The van der Waals surface area contributed by atoms with E-state index in [-0.39, 0.29) is 0 Å². The second-order valence-electron chi connectivity index (χ2n) is 2.23. The van der Waals surface area contributed by atoms with Crippen molar-refractivity contribution in [1.82, 2.24) is 0 Å². The highest BCUT2D eigenvalue weighted by molar-refractivity contribution is 7.86.